The zero-order valence-corrected chi connectivity index (χ0v) is 34.8. The van der Waals surface area contributed by atoms with Crippen molar-refractivity contribution in [3.63, 3.8) is 0 Å². The maximum atomic E-state index is 11.7. The second kappa shape index (κ2) is 46.7. The molecule has 1 aromatic carbocycles. The Morgan fingerprint density at radius 1 is 0.386 bits per heavy atom. The van der Waals surface area contributed by atoms with Gasteiger partial charge in [-0.15, -0.1) is 0 Å². The summed E-state index contributed by atoms with van der Waals surface area (Å²) in [7, 11) is 0. The predicted molar refractivity (Wildman–Crippen MR) is 214 cm³/mol. The minimum absolute atomic E-state index is 0.236. The summed E-state index contributed by atoms with van der Waals surface area (Å²) in [5.41, 5.74) is 0.937. The van der Waals surface area contributed by atoms with Gasteiger partial charge in [0.25, 0.3) is 0 Å². The number of unbranched alkanes of at least 4 members (excludes halogenated alkanes) is 4. The number of rotatable bonds is 47. The smallest absolute Gasteiger partial charge is 0.407 e. The van der Waals surface area contributed by atoms with Crippen LogP contribution < -0.4 is 5.32 Å². The summed E-state index contributed by atoms with van der Waals surface area (Å²) >= 11 is 0. The van der Waals surface area contributed by atoms with Gasteiger partial charge in [-0.3, -0.25) is 0 Å². The monoisotopic (exact) mass is 822 g/mol. The van der Waals surface area contributed by atoms with E-state index in [1.165, 1.54) is 25.7 Å². The van der Waals surface area contributed by atoms with Gasteiger partial charge in [0.1, 0.15) is 6.61 Å². The van der Waals surface area contributed by atoms with Crippen LogP contribution in [0.15, 0.2) is 30.3 Å². The van der Waals surface area contributed by atoms with Crippen LogP contribution in [0.3, 0.4) is 0 Å². The summed E-state index contributed by atoms with van der Waals surface area (Å²) < 4.78 is 76.6. The standard InChI is InChI=1S/C41H75NO15/c1-2-3-4-5-9-13-44-15-17-46-19-21-48-23-25-50-27-29-52-31-33-54-35-37-56-38-36-55-34-32-53-30-28-51-26-24-49-22-20-47-18-16-45-14-12-42-41(43)57-39-40-10-7-6-8-11-40/h6-8,10-11H,2-5,9,12-39H2,1H3,(H,42,43). The number of hydrogen-bond acceptors (Lipinski definition) is 15. The van der Waals surface area contributed by atoms with Gasteiger partial charge in [-0.1, -0.05) is 62.9 Å². The third-order valence-electron chi connectivity index (χ3n) is 7.58. The Balaban J connectivity index is 1.61. The van der Waals surface area contributed by atoms with E-state index in [0.29, 0.717) is 172 Å². The highest BCUT2D eigenvalue weighted by atomic mass is 16.6. The van der Waals surface area contributed by atoms with Crippen molar-refractivity contribution in [2.45, 2.75) is 45.6 Å². The summed E-state index contributed by atoms with van der Waals surface area (Å²) in [5, 5.41) is 2.65. The normalized spacial score (nSPS) is 11.4. The van der Waals surface area contributed by atoms with Crippen molar-refractivity contribution in [3.8, 4) is 0 Å². The molecule has 16 heteroatoms. The van der Waals surface area contributed by atoms with E-state index < -0.39 is 6.09 Å². The van der Waals surface area contributed by atoms with Gasteiger partial charge >= 0.3 is 6.09 Å². The fourth-order valence-corrected chi connectivity index (χ4v) is 4.55. The second-order valence-electron chi connectivity index (χ2n) is 12.4. The minimum Gasteiger partial charge on any atom is -0.445 e. The second-order valence-corrected chi connectivity index (χ2v) is 12.4. The highest BCUT2D eigenvalue weighted by molar-refractivity contribution is 5.67. The van der Waals surface area contributed by atoms with E-state index in [1.807, 2.05) is 30.3 Å². The van der Waals surface area contributed by atoms with Crippen LogP contribution >= 0.6 is 0 Å². The molecule has 0 aliphatic rings. The molecule has 0 unspecified atom stereocenters. The molecular formula is C41H75NO15. The minimum atomic E-state index is -0.470. The van der Waals surface area contributed by atoms with Crippen LogP contribution in [0.25, 0.3) is 0 Å². The summed E-state index contributed by atoms with van der Waals surface area (Å²) in [6.45, 7) is 16.2. The zero-order chi connectivity index (χ0) is 40.6. The largest absolute Gasteiger partial charge is 0.445 e. The predicted octanol–water partition coefficient (Wildman–Crippen LogP) is 4.10. The molecule has 16 nitrogen and oxygen atoms in total. The van der Waals surface area contributed by atoms with E-state index in [-0.39, 0.29) is 6.61 Å². The van der Waals surface area contributed by atoms with Crippen molar-refractivity contribution in [3.05, 3.63) is 35.9 Å². The van der Waals surface area contributed by atoms with Crippen molar-refractivity contribution in [2.75, 3.05) is 178 Å². The number of amides is 1. The first kappa shape index (κ1) is 53.0. The van der Waals surface area contributed by atoms with E-state index in [9.17, 15) is 4.79 Å². The fraction of sp³-hybridized carbons (Fsp3) is 0.829. The Morgan fingerprint density at radius 2 is 0.684 bits per heavy atom. The summed E-state index contributed by atoms with van der Waals surface area (Å²) in [6.07, 6.45) is 5.79. The summed E-state index contributed by atoms with van der Waals surface area (Å²) in [5.74, 6) is 0. The molecule has 57 heavy (non-hydrogen) atoms. The molecule has 0 atom stereocenters. The molecule has 0 spiro atoms. The lowest BCUT2D eigenvalue weighted by Crippen LogP contribution is -2.28. The number of hydrogen-bond donors (Lipinski definition) is 1. The number of nitrogens with one attached hydrogen (secondary N) is 1. The maximum Gasteiger partial charge on any atom is 0.407 e. The molecule has 0 fully saturated rings. The third-order valence-corrected chi connectivity index (χ3v) is 7.58. The molecule has 0 aliphatic carbocycles. The molecule has 1 amide bonds. The van der Waals surface area contributed by atoms with E-state index in [2.05, 4.69) is 12.2 Å². The van der Waals surface area contributed by atoms with Gasteiger partial charge in [-0.05, 0) is 12.0 Å². The first-order valence-corrected chi connectivity index (χ1v) is 20.8. The van der Waals surface area contributed by atoms with Crippen LogP contribution in [0.1, 0.15) is 44.6 Å². The van der Waals surface area contributed by atoms with Crippen LogP contribution in [0.4, 0.5) is 4.79 Å². The molecule has 0 radical (unpaired) electrons. The molecular weight excluding hydrogens is 746 g/mol. The average Bonchev–Trinajstić information content (AvgIpc) is 3.23. The molecule has 1 aromatic rings. The number of carbonyl (C=O) groups is 1. The maximum absolute atomic E-state index is 11.7. The molecule has 0 aromatic heterocycles. The van der Waals surface area contributed by atoms with Crippen molar-refractivity contribution in [2.24, 2.45) is 0 Å². The van der Waals surface area contributed by atoms with Gasteiger partial charge in [0.2, 0.25) is 0 Å². The molecule has 0 saturated heterocycles. The van der Waals surface area contributed by atoms with Gasteiger partial charge in [-0.25, -0.2) is 4.79 Å². The Labute approximate surface area is 342 Å². The molecule has 1 N–H and O–H groups in total. The van der Waals surface area contributed by atoms with E-state index in [4.69, 9.17) is 66.3 Å². The van der Waals surface area contributed by atoms with Crippen molar-refractivity contribution >= 4 is 6.09 Å². The first-order chi connectivity index (χ1) is 28.3. The Morgan fingerprint density at radius 3 is 1.02 bits per heavy atom. The van der Waals surface area contributed by atoms with Gasteiger partial charge in [-0.2, -0.15) is 0 Å². The lowest BCUT2D eigenvalue weighted by Gasteiger charge is -2.09. The highest BCUT2D eigenvalue weighted by Crippen LogP contribution is 2.02. The zero-order valence-electron chi connectivity index (χ0n) is 34.8. The average molecular weight is 822 g/mol. The Bertz CT molecular complexity index is 921. The number of ether oxygens (including phenoxy) is 14. The SMILES string of the molecule is CCCCCCCOCCOCCOCCOCCOCCOCCOCCOCCOCCOCCOCCOCCOCCNC(=O)OCc1ccccc1. The molecule has 0 aliphatic heterocycles. The molecule has 0 heterocycles. The van der Waals surface area contributed by atoms with Gasteiger partial charge < -0.3 is 71.6 Å². The molecule has 0 saturated carbocycles. The number of carbonyl (C=O) groups excluding carboxylic acids is 1. The van der Waals surface area contributed by atoms with E-state index >= 15 is 0 Å². The van der Waals surface area contributed by atoms with Crippen molar-refractivity contribution in [1.82, 2.24) is 5.32 Å². The quantitative estimate of drug-likeness (QED) is 0.0937. The lowest BCUT2D eigenvalue weighted by atomic mass is 10.2. The van der Waals surface area contributed by atoms with Crippen LogP contribution in [0, 0.1) is 0 Å². The lowest BCUT2D eigenvalue weighted by molar-refractivity contribution is -0.0290. The van der Waals surface area contributed by atoms with Crippen LogP contribution in [0.2, 0.25) is 0 Å². The fourth-order valence-electron chi connectivity index (χ4n) is 4.55. The first-order valence-electron chi connectivity index (χ1n) is 20.8. The van der Waals surface area contributed by atoms with Crippen LogP contribution in [0.5, 0.6) is 0 Å². The van der Waals surface area contributed by atoms with Gasteiger partial charge in [0.15, 0.2) is 0 Å². The Kier molecular flexibility index (Phi) is 43.4. The van der Waals surface area contributed by atoms with E-state index in [1.54, 1.807) is 0 Å². The topological polar surface area (TPSA) is 158 Å². The Hall–Kier alpha value is -2.03. The van der Waals surface area contributed by atoms with Crippen molar-refractivity contribution in [1.29, 1.82) is 0 Å². The van der Waals surface area contributed by atoms with Gasteiger partial charge in [0, 0.05) is 13.2 Å². The number of benzene rings is 1. The highest BCUT2D eigenvalue weighted by Gasteiger charge is 2.02. The van der Waals surface area contributed by atoms with Crippen LogP contribution in [-0.2, 0) is 72.9 Å². The van der Waals surface area contributed by atoms with Gasteiger partial charge in [0.05, 0.1) is 165 Å². The third kappa shape index (κ3) is 43.4. The number of alkyl carbamates (subject to hydrolysis) is 1. The van der Waals surface area contributed by atoms with E-state index in [0.717, 1.165) is 18.6 Å². The van der Waals surface area contributed by atoms with Crippen LogP contribution in [-0.4, -0.2) is 184 Å². The van der Waals surface area contributed by atoms with Crippen molar-refractivity contribution < 1.29 is 71.1 Å². The molecule has 1 rings (SSSR count). The molecule has 334 valence electrons. The summed E-state index contributed by atoms with van der Waals surface area (Å²) in [4.78, 5) is 11.7. The summed E-state index contributed by atoms with van der Waals surface area (Å²) in [6, 6.07) is 9.51. The molecule has 0 bridgehead atoms.